The van der Waals surface area contributed by atoms with Gasteiger partial charge in [0.15, 0.2) is 0 Å². The van der Waals surface area contributed by atoms with E-state index in [0.717, 1.165) is 28.2 Å². The fraction of sp³-hybridized carbons (Fsp3) is 0.172. The van der Waals surface area contributed by atoms with E-state index in [9.17, 15) is 15.2 Å². The quantitative estimate of drug-likeness (QED) is 0.219. The van der Waals surface area contributed by atoms with Crippen LogP contribution in [0.1, 0.15) is 40.0 Å². The molecule has 7 heteroatoms. The number of aliphatic hydroxyl groups excluding tert-OH is 1. The van der Waals surface area contributed by atoms with Crippen molar-refractivity contribution in [1.82, 2.24) is 0 Å². The summed E-state index contributed by atoms with van der Waals surface area (Å²) in [4.78, 5) is 11.2. The van der Waals surface area contributed by atoms with Crippen LogP contribution >= 0.6 is 0 Å². The van der Waals surface area contributed by atoms with Gasteiger partial charge in [-0.25, -0.2) is 0 Å². The molecular weight excluding hydrogens is 458 g/mol. The van der Waals surface area contributed by atoms with Gasteiger partial charge in [-0.05, 0) is 52.6 Å². The highest BCUT2D eigenvalue weighted by Crippen LogP contribution is 2.38. The van der Waals surface area contributed by atoms with Gasteiger partial charge in [-0.3, -0.25) is 10.1 Å². The van der Waals surface area contributed by atoms with E-state index < -0.39 is 23.7 Å². The van der Waals surface area contributed by atoms with E-state index in [2.05, 4.69) is 0 Å². The zero-order chi connectivity index (χ0) is 25.5. The Kier molecular flexibility index (Phi) is 7.95. The molecule has 0 radical (unpaired) electrons. The summed E-state index contributed by atoms with van der Waals surface area (Å²) in [5.74, 6) is 1.45. The first-order valence-electron chi connectivity index (χ1n) is 11.4. The minimum Gasteiger partial charge on any atom is -0.497 e. The maximum atomic E-state index is 11.7. The predicted molar refractivity (Wildman–Crippen MR) is 136 cm³/mol. The number of hydrogen-bond donors (Lipinski definition) is 1. The first kappa shape index (κ1) is 24.9. The average Bonchev–Trinajstić information content (AvgIpc) is 2.94. The van der Waals surface area contributed by atoms with Gasteiger partial charge in [0.25, 0.3) is 5.69 Å². The van der Waals surface area contributed by atoms with E-state index >= 15 is 0 Å². The molecule has 0 aliphatic heterocycles. The molecule has 1 unspecified atom stereocenters. The van der Waals surface area contributed by atoms with Gasteiger partial charge in [-0.1, -0.05) is 60.7 Å². The van der Waals surface area contributed by atoms with Gasteiger partial charge in [0, 0.05) is 6.07 Å². The molecule has 36 heavy (non-hydrogen) atoms. The van der Waals surface area contributed by atoms with Crippen molar-refractivity contribution in [1.29, 1.82) is 0 Å². The van der Waals surface area contributed by atoms with E-state index in [4.69, 9.17) is 14.2 Å². The van der Waals surface area contributed by atoms with Crippen LogP contribution in [0.4, 0.5) is 5.69 Å². The molecule has 4 aromatic carbocycles. The summed E-state index contributed by atoms with van der Waals surface area (Å²) < 4.78 is 17.4. The average molecular weight is 486 g/mol. The molecule has 4 aromatic rings. The van der Waals surface area contributed by atoms with Gasteiger partial charge in [0.05, 0.1) is 31.3 Å². The smallest absolute Gasteiger partial charge is 0.275 e. The molecule has 1 N–H and O–H groups in total. The predicted octanol–water partition coefficient (Wildman–Crippen LogP) is 6.00. The van der Waals surface area contributed by atoms with E-state index in [-0.39, 0.29) is 11.3 Å². The second-order valence-corrected chi connectivity index (χ2v) is 8.16. The monoisotopic (exact) mass is 485 g/mol. The van der Waals surface area contributed by atoms with Crippen molar-refractivity contribution >= 4 is 5.69 Å². The number of benzene rings is 4. The standard InChI is InChI=1S/C29H27NO6/c1-34-25-14-10-21(11-15-25)28(22-12-16-26(35-2)17-13-22)36-29(20-6-4-3-5-7-20)23-8-9-24(19-31)27(18-23)30(32)33/h3-18,28-29,31H,19H2,1-2H3. The summed E-state index contributed by atoms with van der Waals surface area (Å²) in [6.45, 7) is -0.423. The minimum absolute atomic E-state index is 0.148. The minimum atomic E-state index is -0.619. The lowest BCUT2D eigenvalue weighted by atomic mass is 9.96. The molecule has 0 bridgehead atoms. The third-order valence-corrected chi connectivity index (χ3v) is 5.99. The molecular formula is C29H27NO6. The van der Waals surface area contributed by atoms with E-state index in [1.165, 1.54) is 6.07 Å². The van der Waals surface area contributed by atoms with Crippen LogP contribution in [0.5, 0.6) is 11.5 Å². The van der Waals surface area contributed by atoms with Crippen molar-refractivity contribution < 1.29 is 24.2 Å². The molecule has 7 nitrogen and oxygen atoms in total. The second kappa shape index (κ2) is 11.5. The lowest BCUT2D eigenvalue weighted by Crippen LogP contribution is -2.14. The summed E-state index contributed by atoms with van der Waals surface area (Å²) >= 11 is 0. The lowest BCUT2D eigenvalue weighted by Gasteiger charge is -2.27. The van der Waals surface area contributed by atoms with E-state index in [1.54, 1.807) is 26.4 Å². The van der Waals surface area contributed by atoms with Gasteiger partial charge in [-0.2, -0.15) is 0 Å². The summed E-state index contributed by atoms with van der Waals surface area (Å²) in [5, 5.41) is 21.3. The van der Waals surface area contributed by atoms with Gasteiger partial charge in [-0.15, -0.1) is 0 Å². The lowest BCUT2D eigenvalue weighted by molar-refractivity contribution is -0.386. The number of methoxy groups -OCH3 is 2. The molecule has 0 aliphatic carbocycles. The van der Waals surface area contributed by atoms with Crippen LogP contribution in [0, 0.1) is 10.1 Å². The molecule has 0 heterocycles. The number of rotatable bonds is 10. The summed E-state index contributed by atoms with van der Waals surface area (Å²) in [6.07, 6.45) is -1.12. The van der Waals surface area contributed by atoms with Crippen molar-refractivity contribution in [2.24, 2.45) is 0 Å². The zero-order valence-electron chi connectivity index (χ0n) is 20.0. The number of hydrogen-bond acceptors (Lipinski definition) is 6. The molecule has 0 aliphatic rings. The Morgan fingerprint density at radius 1 is 0.722 bits per heavy atom. The number of nitro groups is 1. The maximum absolute atomic E-state index is 11.7. The topological polar surface area (TPSA) is 91.1 Å². The summed E-state index contributed by atoms with van der Waals surface area (Å²) in [7, 11) is 3.22. The third-order valence-electron chi connectivity index (χ3n) is 5.99. The highest BCUT2D eigenvalue weighted by Gasteiger charge is 2.26. The highest BCUT2D eigenvalue weighted by molar-refractivity contribution is 5.46. The largest absolute Gasteiger partial charge is 0.497 e. The SMILES string of the molecule is COc1ccc(C(OC(c2ccccc2)c2ccc(CO)c([N+](=O)[O-])c2)c2ccc(OC)cc2)cc1. The molecule has 0 saturated carbocycles. The van der Waals surface area contributed by atoms with Gasteiger partial charge < -0.3 is 19.3 Å². The number of nitro benzene ring substituents is 1. The highest BCUT2D eigenvalue weighted by atomic mass is 16.6. The maximum Gasteiger partial charge on any atom is 0.275 e. The number of aliphatic hydroxyl groups is 1. The number of ether oxygens (including phenoxy) is 3. The van der Waals surface area contributed by atoms with Crippen LogP contribution < -0.4 is 9.47 Å². The Bertz CT molecular complexity index is 1240. The first-order chi connectivity index (χ1) is 17.5. The molecule has 0 spiro atoms. The molecule has 1 atom stereocenters. The van der Waals surface area contributed by atoms with Gasteiger partial charge in [0.2, 0.25) is 0 Å². The zero-order valence-corrected chi connectivity index (χ0v) is 20.0. The van der Waals surface area contributed by atoms with Crippen LogP contribution in [0.25, 0.3) is 0 Å². The van der Waals surface area contributed by atoms with Crippen LogP contribution in [0.3, 0.4) is 0 Å². The van der Waals surface area contributed by atoms with Crippen molar-refractivity contribution in [3.8, 4) is 11.5 Å². The van der Waals surface area contributed by atoms with Gasteiger partial charge in [0.1, 0.15) is 23.7 Å². The number of nitrogens with zero attached hydrogens (tertiary/aromatic N) is 1. The molecule has 0 amide bonds. The first-order valence-corrected chi connectivity index (χ1v) is 11.4. The fourth-order valence-electron chi connectivity index (χ4n) is 4.07. The third kappa shape index (κ3) is 5.54. The second-order valence-electron chi connectivity index (χ2n) is 8.16. The molecule has 0 aromatic heterocycles. The normalized spacial score (nSPS) is 11.8. The Labute approximate surface area is 209 Å². The van der Waals surface area contributed by atoms with Crippen LogP contribution in [0.2, 0.25) is 0 Å². The van der Waals surface area contributed by atoms with E-state index in [0.29, 0.717) is 5.56 Å². The summed E-state index contributed by atoms with van der Waals surface area (Å²) in [6, 6.07) is 29.6. The molecule has 4 rings (SSSR count). The molecule has 0 fully saturated rings. The Morgan fingerprint density at radius 2 is 1.19 bits per heavy atom. The van der Waals surface area contributed by atoms with Crippen molar-refractivity contribution in [2.75, 3.05) is 14.2 Å². The van der Waals surface area contributed by atoms with Crippen LogP contribution in [-0.4, -0.2) is 24.2 Å². The van der Waals surface area contributed by atoms with Crippen molar-refractivity contribution in [2.45, 2.75) is 18.8 Å². The Hall–Kier alpha value is -4.20. The summed E-state index contributed by atoms with van der Waals surface area (Å²) in [5.41, 5.74) is 3.34. The van der Waals surface area contributed by atoms with Crippen LogP contribution in [-0.2, 0) is 11.3 Å². The van der Waals surface area contributed by atoms with Crippen LogP contribution in [0.15, 0.2) is 97.1 Å². The molecule has 0 saturated heterocycles. The van der Waals surface area contributed by atoms with Crippen molar-refractivity contribution in [3.63, 3.8) is 0 Å². The fourth-order valence-corrected chi connectivity index (χ4v) is 4.07. The Morgan fingerprint density at radius 3 is 1.67 bits per heavy atom. The van der Waals surface area contributed by atoms with E-state index in [1.807, 2.05) is 78.9 Å². The van der Waals surface area contributed by atoms with Gasteiger partial charge >= 0.3 is 0 Å². The Balaban J connectivity index is 1.82. The van der Waals surface area contributed by atoms with Crippen molar-refractivity contribution in [3.05, 3.63) is 135 Å². The molecule has 184 valence electrons.